The summed E-state index contributed by atoms with van der Waals surface area (Å²) in [4.78, 5) is 37.4. The van der Waals surface area contributed by atoms with Crippen LogP contribution in [0.1, 0.15) is 65.0 Å². The number of anilines is 1. The smallest absolute Gasteiger partial charge is 0.279 e. The van der Waals surface area contributed by atoms with Crippen molar-refractivity contribution >= 4 is 23.4 Å². The average Bonchev–Trinajstić information content (AvgIpc) is 2.87. The van der Waals surface area contributed by atoms with E-state index >= 15 is 0 Å². The summed E-state index contributed by atoms with van der Waals surface area (Å²) >= 11 is 0. The van der Waals surface area contributed by atoms with Gasteiger partial charge in [-0.2, -0.15) is 0 Å². The summed E-state index contributed by atoms with van der Waals surface area (Å²) in [7, 11) is 0. The van der Waals surface area contributed by atoms with E-state index < -0.39 is 17.9 Å². The average molecular weight is 474 g/mol. The third-order valence-electron chi connectivity index (χ3n) is 5.83. The van der Waals surface area contributed by atoms with Crippen LogP contribution < -0.4 is 20.9 Å². The summed E-state index contributed by atoms with van der Waals surface area (Å²) in [5.74, 6) is -0.233. The van der Waals surface area contributed by atoms with Gasteiger partial charge >= 0.3 is 0 Å². The fraction of sp³-hybridized carbons (Fsp3) is 0.250. The molecule has 0 aliphatic carbocycles. The summed E-state index contributed by atoms with van der Waals surface area (Å²) in [5, 5.41) is 2.81. The van der Waals surface area contributed by atoms with Crippen LogP contribution in [0.3, 0.4) is 0 Å². The van der Waals surface area contributed by atoms with Crippen molar-refractivity contribution in [3.63, 3.8) is 0 Å². The van der Waals surface area contributed by atoms with Gasteiger partial charge in [0.15, 0.2) is 6.10 Å². The first-order valence-electron chi connectivity index (χ1n) is 11.6. The molecule has 0 saturated carbocycles. The lowest BCUT2D eigenvalue weighted by Crippen LogP contribution is -2.47. The van der Waals surface area contributed by atoms with E-state index in [9.17, 15) is 14.4 Å². The number of carbonyl (C=O) groups is 3. The molecule has 7 nitrogen and oxygen atoms in total. The fourth-order valence-corrected chi connectivity index (χ4v) is 3.48. The molecule has 3 aromatic rings. The summed E-state index contributed by atoms with van der Waals surface area (Å²) in [6.07, 6.45) is 0.144. The van der Waals surface area contributed by atoms with Crippen molar-refractivity contribution in [1.29, 1.82) is 0 Å². The molecule has 0 fully saturated rings. The number of rotatable bonds is 8. The summed E-state index contributed by atoms with van der Waals surface area (Å²) in [6.45, 7) is 7.69. The zero-order chi connectivity index (χ0) is 25.4. The van der Waals surface area contributed by atoms with E-state index in [1.807, 2.05) is 43.3 Å². The van der Waals surface area contributed by atoms with Crippen molar-refractivity contribution < 1.29 is 19.1 Å². The van der Waals surface area contributed by atoms with Gasteiger partial charge < -0.3 is 10.1 Å². The Morgan fingerprint density at radius 2 is 1.49 bits per heavy atom. The van der Waals surface area contributed by atoms with Gasteiger partial charge in [0.2, 0.25) is 0 Å². The molecule has 2 unspecified atom stereocenters. The van der Waals surface area contributed by atoms with Crippen LogP contribution in [0.2, 0.25) is 0 Å². The van der Waals surface area contributed by atoms with Crippen molar-refractivity contribution in [2.45, 2.75) is 46.1 Å². The Hall–Kier alpha value is -4.13. The lowest BCUT2D eigenvalue weighted by Gasteiger charge is -2.19. The number of hydrogen-bond donors (Lipinski definition) is 3. The van der Waals surface area contributed by atoms with E-state index in [1.54, 1.807) is 43.3 Å². The standard InChI is InChI=1S/C28H31N3O4/c1-5-18(2)23-11-8-9-13-25(23)35-20(4)26(32)30-31-27(33)21-14-16-22(17-15-21)29-28(34)24-12-7-6-10-19(24)3/h6-18,20H,5H2,1-4H3,(H,29,34)(H,30,32)(H,31,33). The second-order valence-corrected chi connectivity index (χ2v) is 8.40. The molecule has 7 heteroatoms. The zero-order valence-corrected chi connectivity index (χ0v) is 20.4. The molecule has 3 amide bonds. The second-order valence-electron chi connectivity index (χ2n) is 8.40. The Morgan fingerprint density at radius 3 is 2.17 bits per heavy atom. The van der Waals surface area contributed by atoms with Gasteiger partial charge in [-0.15, -0.1) is 0 Å². The number of carbonyl (C=O) groups excluding carboxylic acids is 3. The maximum absolute atomic E-state index is 12.5. The van der Waals surface area contributed by atoms with Crippen LogP contribution in [0.15, 0.2) is 72.8 Å². The number of hydrazine groups is 1. The lowest BCUT2D eigenvalue weighted by atomic mass is 9.98. The zero-order valence-electron chi connectivity index (χ0n) is 20.4. The SMILES string of the molecule is CCC(C)c1ccccc1OC(C)C(=O)NNC(=O)c1ccc(NC(=O)c2ccccc2C)cc1. The maximum atomic E-state index is 12.5. The number of benzene rings is 3. The normalized spacial score (nSPS) is 12.2. The Bertz CT molecular complexity index is 1190. The highest BCUT2D eigenvalue weighted by atomic mass is 16.5. The van der Waals surface area contributed by atoms with Gasteiger partial charge in [-0.3, -0.25) is 25.2 Å². The molecule has 0 saturated heterocycles. The van der Waals surface area contributed by atoms with Crippen LogP contribution in [0.25, 0.3) is 0 Å². The van der Waals surface area contributed by atoms with Crippen molar-refractivity contribution in [2.75, 3.05) is 5.32 Å². The highest BCUT2D eigenvalue weighted by molar-refractivity contribution is 6.05. The third kappa shape index (κ3) is 6.69. The van der Waals surface area contributed by atoms with E-state index in [4.69, 9.17) is 4.74 Å². The molecular weight excluding hydrogens is 442 g/mol. The monoisotopic (exact) mass is 473 g/mol. The van der Waals surface area contributed by atoms with Gasteiger partial charge in [0.1, 0.15) is 5.75 Å². The molecule has 0 bridgehead atoms. The van der Waals surface area contributed by atoms with Crippen LogP contribution in [0, 0.1) is 6.92 Å². The van der Waals surface area contributed by atoms with E-state index in [-0.39, 0.29) is 5.91 Å². The molecule has 0 aromatic heterocycles. The second kappa shape index (κ2) is 11.8. The molecule has 3 aromatic carbocycles. The van der Waals surface area contributed by atoms with Crippen LogP contribution in [-0.4, -0.2) is 23.8 Å². The molecule has 35 heavy (non-hydrogen) atoms. The quantitative estimate of drug-likeness (QED) is 0.402. The number of amides is 3. The van der Waals surface area contributed by atoms with Crippen molar-refractivity contribution in [3.05, 3.63) is 95.1 Å². The molecule has 0 spiro atoms. The fourth-order valence-electron chi connectivity index (χ4n) is 3.48. The van der Waals surface area contributed by atoms with Gasteiger partial charge in [0.25, 0.3) is 17.7 Å². The molecule has 3 rings (SSSR count). The number of ether oxygens (including phenoxy) is 1. The van der Waals surface area contributed by atoms with E-state index in [0.717, 1.165) is 17.5 Å². The number of hydrogen-bond acceptors (Lipinski definition) is 4. The number of nitrogens with one attached hydrogen (secondary N) is 3. The van der Waals surface area contributed by atoms with Crippen LogP contribution in [-0.2, 0) is 4.79 Å². The Kier molecular flexibility index (Phi) is 8.62. The molecule has 0 aliphatic rings. The van der Waals surface area contributed by atoms with E-state index in [2.05, 4.69) is 30.0 Å². The number of aryl methyl sites for hydroxylation is 1. The first-order chi connectivity index (χ1) is 16.8. The molecule has 0 heterocycles. The van der Waals surface area contributed by atoms with Gasteiger partial charge in [-0.25, -0.2) is 0 Å². The topological polar surface area (TPSA) is 96.5 Å². The third-order valence-corrected chi connectivity index (χ3v) is 5.83. The molecule has 182 valence electrons. The Labute approximate surface area is 205 Å². The minimum absolute atomic E-state index is 0.226. The van der Waals surface area contributed by atoms with Gasteiger partial charge in [0.05, 0.1) is 0 Å². The predicted octanol–water partition coefficient (Wildman–Crippen LogP) is 4.99. The van der Waals surface area contributed by atoms with Gasteiger partial charge in [-0.05, 0) is 73.7 Å². The van der Waals surface area contributed by atoms with Crippen LogP contribution in [0.4, 0.5) is 5.69 Å². The molecule has 0 aliphatic heterocycles. The maximum Gasteiger partial charge on any atom is 0.279 e. The highest BCUT2D eigenvalue weighted by Crippen LogP contribution is 2.29. The van der Waals surface area contributed by atoms with Crippen molar-refractivity contribution in [3.8, 4) is 5.75 Å². The molecule has 0 radical (unpaired) electrons. The first-order valence-corrected chi connectivity index (χ1v) is 11.6. The minimum Gasteiger partial charge on any atom is -0.481 e. The predicted molar refractivity (Wildman–Crippen MR) is 136 cm³/mol. The van der Waals surface area contributed by atoms with Crippen LogP contribution >= 0.6 is 0 Å². The van der Waals surface area contributed by atoms with Crippen LogP contribution in [0.5, 0.6) is 5.75 Å². The first kappa shape index (κ1) is 25.5. The molecule has 3 N–H and O–H groups in total. The van der Waals surface area contributed by atoms with Gasteiger partial charge in [0, 0.05) is 16.8 Å². The summed E-state index contributed by atoms with van der Waals surface area (Å²) in [5.41, 5.74) is 8.18. The minimum atomic E-state index is -0.806. The van der Waals surface area contributed by atoms with E-state index in [1.165, 1.54) is 0 Å². The Morgan fingerprint density at radius 1 is 0.829 bits per heavy atom. The van der Waals surface area contributed by atoms with Gasteiger partial charge in [-0.1, -0.05) is 50.2 Å². The van der Waals surface area contributed by atoms with Crippen molar-refractivity contribution in [2.24, 2.45) is 0 Å². The van der Waals surface area contributed by atoms with Crippen molar-refractivity contribution in [1.82, 2.24) is 10.9 Å². The summed E-state index contributed by atoms with van der Waals surface area (Å²) < 4.78 is 5.86. The number of para-hydroxylation sites is 1. The lowest BCUT2D eigenvalue weighted by molar-refractivity contribution is -0.128. The molecular formula is C28H31N3O4. The molecule has 2 atom stereocenters. The Balaban J connectivity index is 1.53. The largest absolute Gasteiger partial charge is 0.481 e. The summed E-state index contributed by atoms with van der Waals surface area (Å²) in [6, 6.07) is 21.3. The van der Waals surface area contributed by atoms with E-state index in [0.29, 0.717) is 28.5 Å². The highest BCUT2D eigenvalue weighted by Gasteiger charge is 2.19.